The average Bonchev–Trinajstić information content (AvgIpc) is 3.58. The second-order valence-corrected chi connectivity index (χ2v) is 15.3. The number of imidazole rings is 1. The number of hydrogen-bond acceptors (Lipinski definition) is 0. The molecule has 0 amide bonds. The number of nitrogens with zero attached hydrogens (tertiary/aromatic N) is 2. The third kappa shape index (κ3) is 15.9. The lowest BCUT2D eigenvalue weighted by Gasteiger charge is -2.37. The van der Waals surface area contributed by atoms with Crippen molar-refractivity contribution < 1.29 is 4.57 Å². The van der Waals surface area contributed by atoms with Crippen molar-refractivity contribution in [3.8, 4) is 0 Å². The molecule has 268 valence electrons. The number of unbranched alkanes of at least 4 members (excludes halogenated alkanes) is 21. The third-order valence-corrected chi connectivity index (χ3v) is 11.0. The Morgan fingerprint density at radius 3 is 1.48 bits per heavy atom. The van der Waals surface area contributed by atoms with Crippen molar-refractivity contribution in [1.29, 1.82) is 0 Å². The molecule has 0 aliphatic rings. The molecule has 0 saturated heterocycles. The van der Waals surface area contributed by atoms with Crippen LogP contribution in [0.2, 0.25) is 0 Å². The maximum atomic E-state index is 2.59. The van der Waals surface area contributed by atoms with Gasteiger partial charge in [-0.05, 0) is 43.2 Å². The van der Waals surface area contributed by atoms with Crippen molar-refractivity contribution in [1.82, 2.24) is 4.57 Å². The first-order chi connectivity index (χ1) is 23.7. The Bertz CT molecular complexity index is 1140. The highest BCUT2D eigenvalue weighted by Crippen LogP contribution is 2.41. The van der Waals surface area contributed by atoms with Crippen LogP contribution in [-0.2, 0) is 18.4 Å². The van der Waals surface area contributed by atoms with E-state index in [9.17, 15) is 0 Å². The zero-order valence-corrected chi connectivity index (χ0v) is 31.9. The summed E-state index contributed by atoms with van der Waals surface area (Å²) in [5.41, 5.74) is 2.90. The molecule has 0 radical (unpaired) electrons. The monoisotopic (exact) mass is 656 g/mol. The molecule has 3 rings (SSSR count). The standard InChI is InChI=1S/C46H75N2/c1-4-6-8-10-12-14-15-16-17-18-20-22-24-32-38-47-39-40-48(42-47)45(37-31-23-21-19-13-11-9-7-5-2)46(3,44-35-29-26-30-36-44)41-43-33-27-25-28-34-43/h25-30,33-36,39-40,42,45H,4-24,31-32,37-38,41H2,1-3H3/q+1. The zero-order chi connectivity index (χ0) is 34.0. The Labute approximate surface area is 298 Å². The minimum atomic E-state index is 0.00860. The maximum absolute atomic E-state index is 2.59. The molecule has 2 aromatic carbocycles. The maximum Gasteiger partial charge on any atom is 0.244 e. The van der Waals surface area contributed by atoms with Crippen LogP contribution in [0.25, 0.3) is 0 Å². The molecule has 2 atom stereocenters. The average molecular weight is 656 g/mol. The van der Waals surface area contributed by atoms with Gasteiger partial charge in [-0.1, -0.05) is 210 Å². The Balaban J connectivity index is 1.52. The van der Waals surface area contributed by atoms with E-state index >= 15 is 0 Å². The summed E-state index contributed by atoms with van der Waals surface area (Å²) in [6.07, 6.45) is 41.7. The van der Waals surface area contributed by atoms with Gasteiger partial charge in [-0.25, -0.2) is 9.13 Å². The second-order valence-electron chi connectivity index (χ2n) is 15.3. The summed E-state index contributed by atoms with van der Waals surface area (Å²) < 4.78 is 5.06. The number of aryl methyl sites for hydroxylation is 1. The van der Waals surface area contributed by atoms with Crippen LogP contribution in [0.5, 0.6) is 0 Å². The van der Waals surface area contributed by atoms with Crippen LogP contribution in [0, 0.1) is 0 Å². The second kappa shape index (κ2) is 25.6. The molecule has 0 aliphatic carbocycles. The molecule has 0 aliphatic heterocycles. The van der Waals surface area contributed by atoms with E-state index in [1.807, 2.05) is 0 Å². The minimum absolute atomic E-state index is 0.00860. The number of aromatic nitrogens is 2. The van der Waals surface area contributed by atoms with E-state index in [0.29, 0.717) is 6.04 Å². The summed E-state index contributed by atoms with van der Waals surface area (Å²) in [7, 11) is 0. The molecule has 3 aromatic rings. The minimum Gasteiger partial charge on any atom is -0.237 e. The predicted molar refractivity (Wildman–Crippen MR) is 210 cm³/mol. The molecule has 0 N–H and O–H groups in total. The molecule has 0 bridgehead atoms. The van der Waals surface area contributed by atoms with E-state index < -0.39 is 0 Å². The van der Waals surface area contributed by atoms with Crippen molar-refractivity contribution in [2.75, 3.05) is 0 Å². The van der Waals surface area contributed by atoms with Crippen LogP contribution in [0.1, 0.15) is 192 Å². The van der Waals surface area contributed by atoms with Gasteiger partial charge in [-0.15, -0.1) is 0 Å². The fourth-order valence-corrected chi connectivity index (χ4v) is 7.91. The van der Waals surface area contributed by atoms with Crippen LogP contribution in [0.15, 0.2) is 79.4 Å². The largest absolute Gasteiger partial charge is 0.244 e. The van der Waals surface area contributed by atoms with Crippen LogP contribution in [-0.4, -0.2) is 4.57 Å². The van der Waals surface area contributed by atoms with E-state index in [1.165, 1.54) is 165 Å². The highest BCUT2D eigenvalue weighted by molar-refractivity contribution is 5.30. The molecule has 2 nitrogen and oxygen atoms in total. The Morgan fingerprint density at radius 2 is 0.979 bits per heavy atom. The van der Waals surface area contributed by atoms with E-state index in [1.54, 1.807) is 0 Å². The lowest BCUT2D eigenvalue weighted by molar-refractivity contribution is -0.697. The van der Waals surface area contributed by atoms with Gasteiger partial charge < -0.3 is 0 Å². The van der Waals surface area contributed by atoms with Gasteiger partial charge in [0.15, 0.2) is 0 Å². The Kier molecular flexibility index (Phi) is 21.4. The summed E-state index contributed by atoms with van der Waals surface area (Å²) in [4.78, 5) is 0. The molecule has 1 heterocycles. The van der Waals surface area contributed by atoms with Gasteiger partial charge in [-0.3, -0.25) is 0 Å². The third-order valence-electron chi connectivity index (χ3n) is 11.0. The highest BCUT2D eigenvalue weighted by atomic mass is 15.1. The van der Waals surface area contributed by atoms with Gasteiger partial charge >= 0.3 is 0 Å². The first kappa shape index (κ1) is 40.1. The van der Waals surface area contributed by atoms with E-state index in [-0.39, 0.29) is 5.41 Å². The van der Waals surface area contributed by atoms with E-state index in [0.717, 1.165) is 13.0 Å². The molecule has 2 heteroatoms. The molecule has 0 spiro atoms. The molecule has 48 heavy (non-hydrogen) atoms. The smallest absolute Gasteiger partial charge is 0.237 e. The van der Waals surface area contributed by atoms with Crippen LogP contribution in [0.4, 0.5) is 0 Å². The first-order valence-corrected chi connectivity index (χ1v) is 20.8. The van der Waals surface area contributed by atoms with Crippen molar-refractivity contribution in [2.45, 2.75) is 199 Å². The fourth-order valence-electron chi connectivity index (χ4n) is 7.91. The van der Waals surface area contributed by atoms with Crippen molar-refractivity contribution in [3.63, 3.8) is 0 Å². The number of hydrogen-bond donors (Lipinski definition) is 0. The molecule has 0 fully saturated rings. The normalized spacial score (nSPS) is 13.5. The van der Waals surface area contributed by atoms with Gasteiger partial charge in [0.1, 0.15) is 18.4 Å². The van der Waals surface area contributed by atoms with Gasteiger partial charge in [0.2, 0.25) is 6.33 Å². The molecular weight excluding hydrogens is 581 g/mol. The van der Waals surface area contributed by atoms with Gasteiger partial charge in [0, 0.05) is 5.41 Å². The highest BCUT2D eigenvalue weighted by Gasteiger charge is 2.40. The van der Waals surface area contributed by atoms with E-state index in [4.69, 9.17) is 0 Å². The fraction of sp³-hybridized carbons (Fsp3) is 0.674. The topological polar surface area (TPSA) is 8.81 Å². The Morgan fingerprint density at radius 1 is 0.542 bits per heavy atom. The summed E-state index contributed by atoms with van der Waals surface area (Å²) in [6.45, 7) is 8.28. The molecule has 1 aromatic heterocycles. The first-order valence-electron chi connectivity index (χ1n) is 20.8. The molecule has 2 unspecified atom stereocenters. The van der Waals surface area contributed by atoms with Gasteiger partial charge in [0.05, 0.1) is 6.54 Å². The zero-order valence-electron chi connectivity index (χ0n) is 31.9. The molecule has 0 saturated carbocycles. The van der Waals surface area contributed by atoms with Crippen molar-refractivity contribution >= 4 is 0 Å². The van der Waals surface area contributed by atoms with Crippen LogP contribution < -0.4 is 4.57 Å². The van der Waals surface area contributed by atoms with Crippen LogP contribution >= 0.6 is 0 Å². The Hall–Kier alpha value is -2.35. The predicted octanol–water partition coefficient (Wildman–Crippen LogP) is 13.9. The van der Waals surface area contributed by atoms with Gasteiger partial charge in [0.25, 0.3) is 0 Å². The quantitative estimate of drug-likeness (QED) is 0.0499. The summed E-state index contributed by atoms with van der Waals surface area (Å²) >= 11 is 0. The number of benzene rings is 2. The lowest BCUT2D eigenvalue weighted by atomic mass is 9.70. The number of rotatable bonds is 30. The summed E-state index contributed by atoms with van der Waals surface area (Å²) in [5, 5.41) is 0. The summed E-state index contributed by atoms with van der Waals surface area (Å²) in [6, 6.07) is 23.0. The van der Waals surface area contributed by atoms with Crippen molar-refractivity contribution in [3.05, 3.63) is 90.5 Å². The van der Waals surface area contributed by atoms with Crippen LogP contribution in [0.3, 0.4) is 0 Å². The molecular formula is C46H75N2+. The van der Waals surface area contributed by atoms with E-state index in [2.05, 4.69) is 109 Å². The lowest BCUT2D eigenvalue weighted by Crippen LogP contribution is -2.38. The van der Waals surface area contributed by atoms with Crippen molar-refractivity contribution in [2.24, 2.45) is 0 Å². The van der Waals surface area contributed by atoms with Gasteiger partial charge in [-0.2, -0.15) is 0 Å². The SMILES string of the molecule is CCCCCCCCCCCCCCCC[n+]1ccn(C(CCCCCCCCCCC)C(C)(Cc2ccccc2)c2ccccc2)c1. The summed E-state index contributed by atoms with van der Waals surface area (Å²) in [5.74, 6) is 0.